The van der Waals surface area contributed by atoms with Crippen molar-refractivity contribution in [3.05, 3.63) is 35.9 Å². The summed E-state index contributed by atoms with van der Waals surface area (Å²) in [5.74, 6) is 1.48. The van der Waals surface area contributed by atoms with E-state index in [2.05, 4.69) is 51.1 Å². The average molecular weight is 253 g/mol. The normalized spacial score (nSPS) is 11.2. The maximum atomic E-state index is 7.00. The molecule has 1 aromatic carbocycles. The summed E-state index contributed by atoms with van der Waals surface area (Å²) in [5, 5.41) is 7.00. The summed E-state index contributed by atoms with van der Waals surface area (Å²) in [6, 6.07) is 10.8. The molecule has 0 aromatic heterocycles. The van der Waals surface area contributed by atoms with Crippen molar-refractivity contribution in [2.24, 2.45) is 5.92 Å². The van der Waals surface area contributed by atoms with Gasteiger partial charge in [0.05, 0.1) is 0 Å². The summed E-state index contributed by atoms with van der Waals surface area (Å²) >= 11 is 0. The van der Waals surface area contributed by atoms with Crippen LogP contribution < -0.4 is 0 Å². The maximum Gasteiger partial charge on any atom is 0.0319 e. The zero-order chi connectivity index (χ0) is 14.6. The highest BCUT2D eigenvalue weighted by atomic mass is 16.2. The lowest BCUT2D eigenvalue weighted by molar-refractivity contribution is 0.399. The zero-order valence-corrected chi connectivity index (χ0v) is 13.1. The van der Waals surface area contributed by atoms with Crippen LogP contribution in [-0.2, 0) is 0 Å². The lowest BCUT2D eigenvalue weighted by atomic mass is 9.86. The van der Waals surface area contributed by atoms with Crippen molar-refractivity contribution in [2.75, 3.05) is 28.3 Å². The Morgan fingerprint density at radius 2 is 1.39 bits per heavy atom. The van der Waals surface area contributed by atoms with Gasteiger partial charge in [-0.25, -0.2) is 0 Å². The van der Waals surface area contributed by atoms with Crippen molar-refractivity contribution in [3.8, 4) is 0 Å². The van der Waals surface area contributed by atoms with Crippen LogP contribution >= 0.6 is 0 Å². The minimum absolute atomic E-state index is 0.728. The highest BCUT2D eigenvalue weighted by Crippen LogP contribution is 2.26. The lowest BCUT2D eigenvalue weighted by Gasteiger charge is -2.18. The monoisotopic (exact) mass is 253 g/mol. The number of aliphatic hydroxyl groups excluding tert-OH is 1. The number of rotatable bonds is 3. The van der Waals surface area contributed by atoms with Crippen LogP contribution in [0.4, 0.5) is 0 Å². The first kappa shape index (κ1) is 19.5. The largest absolute Gasteiger partial charge is 0.400 e. The third-order valence-electron chi connectivity index (χ3n) is 2.47. The third-order valence-corrected chi connectivity index (χ3v) is 2.47. The van der Waals surface area contributed by atoms with E-state index in [9.17, 15) is 0 Å². The fourth-order valence-corrected chi connectivity index (χ4v) is 1.79. The van der Waals surface area contributed by atoms with Gasteiger partial charge in [-0.15, -0.1) is 0 Å². The van der Waals surface area contributed by atoms with Crippen LogP contribution in [0.2, 0.25) is 0 Å². The molecule has 0 aliphatic heterocycles. The summed E-state index contributed by atoms with van der Waals surface area (Å²) in [5.41, 5.74) is 1.48. The minimum atomic E-state index is 0.728. The predicted molar refractivity (Wildman–Crippen MR) is 82.1 cm³/mol. The Labute approximate surface area is 114 Å². The summed E-state index contributed by atoms with van der Waals surface area (Å²) < 4.78 is 0. The molecule has 2 heteroatoms. The summed E-state index contributed by atoms with van der Waals surface area (Å²) in [7, 11) is 7.00. The number of hydrogen-bond acceptors (Lipinski definition) is 2. The Morgan fingerprint density at radius 1 is 1.00 bits per heavy atom. The van der Waals surface area contributed by atoms with E-state index in [4.69, 9.17) is 5.11 Å². The highest BCUT2D eigenvalue weighted by molar-refractivity contribution is 5.19. The van der Waals surface area contributed by atoms with E-state index >= 15 is 0 Å². The van der Waals surface area contributed by atoms with E-state index in [0.717, 1.165) is 18.9 Å². The van der Waals surface area contributed by atoms with E-state index in [1.54, 1.807) is 0 Å². The van der Waals surface area contributed by atoms with Gasteiger partial charge < -0.3 is 10.0 Å². The second kappa shape index (κ2) is 12.6. The molecule has 0 aliphatic rings. The van der Waals surface area contributed by atoms with Gasteiger partial charge in [0.15, 0.2) is 0 Å². The Morgan fingerprint density at radius 3 is 1.67 bits per heavy atom. The first-order valence-electron chi connectivity index (χ1n) is 6.59. The maximum absolute atomic E-state index is 7.00. The molecular weight excluding hydrogens is 222 g/mol. The van der Waals surface area contributed by atoms with E-state index < -0.39 is 0 Å². The van der Waals surface area contributed by atoms with Crippen LogP contribution in [0, 0.1) is 5.92 Å². The average Bonchev–Trinajstić information content (AvgIpc) is 2.33. The zero-order valence-electron chi connectivity index (χ0n) is 13.1. The van der Waals surface area contributed by atoms with Crippen LogP contribution in [0.15, 0.2) is 30.3 Å². The van der Waals surface area contributed by atoms with Crippen molar-refractivity contribution in [2.45, 2.75) is 33.1 Å². The molecule has 0 amide bonds. The van der Waals surface area contributed by atoms with Gasteiger partial charge >= 0.3 is 0 Å². The minimum Gasteiger partial charge on any atom is -0.400 e. The molecule has 0 saturated carbocycles. The van der Waals surface area contributed by atoms with Crippen molar-refractivity contribution in [1.29, 1.82) is 0 Å². The number of aliphatic hydroxyl groups is 1. The smallest absolute Gasteiger partial charge is 0.0319 e. The van der Waals surface area contributed by atoms with Crippen LogP contribution in [-0.4, -0.2) is 38.3 Å². The second-order valence-corrected chi connectivity index (χ2v) is 5.01. The third kappa shape index (κ3) is 10.3. The van der Waals surface area contributed by atoms with Crippen molar-refractivity contribution < 1.29 is 5.11 Å². The van der Waals surface area contributed by atoms with Gasteiger partial charge in [-0.05, 0) is 45.0 Å². The van der Waals surface area contributed by atoms with Crippen molar-refractivity contribution >= 4 is 0 Å². The molecule has 1 rings (SSSR count). The summed E-state index contributed by atoms with van der Waals surface area (Å²) in [4.78, 5) is 2.00. The van der Waals surface area contributed by atoms with Crippen LogP contribution in [0.1, 0.15) is 38.7 Å². The van der Waals surface area contributed by atoms with Crippen molar-refractivity contribution in [1.82, 2.24) is 4.90 Å². The number of nitrogens with zero attached hydrogens (tertiary/aromatic N) is 1. The van der Waals surface area contributed by atoms with E-state index in [-0.39, 0.29) is 0 Å². The summed E-state index contributed by atoms with van der Waals surface area (Å²) in [6.07, 6.45) is 1.24. The quantitative estimate of drug-likeness (QED) is 0.889. The fourth-order valence-electron chi connectivity index (χ4n) is 1.79. The van der Waals surface area contributed by atoms with E-state index in [1.807, 2.05) is 26.0 Å². The van der Waals surface area contributed by atoms with E-state index in [1.165, 1.54) is 12.0 Å². The van der Waals surface area contributed by atoms with Crippen LogP contribution in [0.5, 0.6) is 0 Å². The molecular formula is C16H31NO. The molecule has 2 nitrogen and oxygen atoms in total. The molecule has 1 N–H and O–H groups in total. The predicted octanol–water partition coefficient (Wildman–Crippen LogP) is 3.62. The molecule has 18 heavy (non-hydrogen) atoms. The standard InChI is InChI=1S/C12H18.C3H9N.CH4O/c1-4-12(10(2)3)11-8-6-5-7-9-11;1-4(2)3;1-2/h5-10,12H,4H2,1-3H3;1-3H3;2H,1H3/t12-;;/m1../s1. The SMILES string of the molecule is CC[C@@H](c1ccccc1)C(C)C.CN(C)C.CO. The Bertz CT molecular complexity index is 254. The first-order valence-corrected chi connectivity index (χ1v) is 6.59. The van der Waals surface area contributed by atoms with Gasteiger partial charge in [0.25, 0.3) is 0 Å². The van der Waals surface area contributed by atoms with Crippen LogP contribution in [0.25, 0.3) is 0 Å². The molecule has 1 atom stereocenters. The highest BCUT2D eigenvalue weighted by Gasteiger charge is 2.12. The van der Waals surface area contributed by atoms with Gasteiger partial charge in [-0.2, -0.15) is 0 Å². The van der Waals surface area contributed by atoms with Gasteiger partial charge in [0.2, 0.25) is 0 Å². The Balaban J connectivity index is 0. The molecule has 0 spiro atoms. The van der Waals surface area contributed by atoms with Gasteiger partial charge in [-0.1, -0.05) is 51.1 Å². The first-order chi connectivity index (χ1) is 8.49. The number of hydrogen-bond donors (Lipinski definition) is 1. The van der Waals surface area contributed by atoms with Gasteiger partial charge in [-0.3, -0.25) is 0 Å². The van der Waals surface area contributed by atoms with Gasteiger partial charge in [0.1, 0.15) is 0 Å². The molecule has 1 aromatic rings. The fraction of sp³-hybridized carbons (Fsp3) is 0.625. The van der Waals surface area contributed by atoms with Crippen molar-refractivity contribution in [3.63, 3.8) is 0 Å². The summed E-state index contributed by atoms with van der Waals surface area (Å²) in [6.45, 7) is 6.85. The Kier molecular flexibility index (Phi) is 13.6. The topological polar surface area (TPSA) is 23.5 Å². The molecule has 0 aliphatic carbocycles. The molecule has 0 fully saturated rings. The molecule has 0 saturated heterocycles. The molecule has 0 unspecified atom stereocenters. The van der Waals surface area contributed by atoms with Gasteiger partial charge in [0, 0.05) is 7.11 Å². The molecule has 106 valence electrons. The second-order valence-electron chi connectivity index (χ2n) is 5.01. The van der Waals surface area contributed by atoms with E-state index in [0.29, 0.717) is 0 Å². The van der Waals surface area contributed by atoms with Crippen LogP contribution in [0.3, 0.4) is 0 Å². The number of benzene rings is 1. The lowest BCUT2D eigenvalue weighted by Crippen LogP contribution is -2.04. The molecule has 0 radical (unpaired) electrons. The molecule has 0 heterocycles. The molecule has 0 bridgehead atoms. The Hall–Kier alpha value is -0.860.